The lowest BCUT2D eigenvalue weighted by atomic mass is 9.85. The van der Waals surface area contributed by atoms with Gasteiger partial charge in [0, 0.05) is 12.1 Å². The van der Waals surface area contributed by atoms with E-state index in [-0.39, 0.29) is 6.61 Å². The lowest BCUT2D eigenvalue weighted by Gasteiger charge is -2.24. The maximum absolute atomic E-state index is 9.17. The molecule has 1 saturated carbocycles. The summed E-state index contributed by atoms with van der Waals surface area (Å²) in [5.74, 6) is 0. The van der Waals surface area contributed by atoms with Gasteiger partial charge in [-0.3, -0.25) is 0 Å². The summed E-state index contributed by atoms with van der Waals surface area (Å²) in [5.41, 5.74) is 0.525. The van der Waals surface area contributed by atoms with E-state index in [1.54, 1.807) is 0 Å². The summed E-state index contributed by atoms with van der Waals surface area (Å²) in [6.45, 7) is 7.16. The Bertz CT molecular complexity index is 175. The molecule has 15 heavy (non-hydrogen) atoms. The molecule has 2 N–H and O–H groups in total. The minimum absolute atomic E-state index is 0.274. The molecule has 0 spiro atoms. The predicted octanol–water partition coefficient (Wildman–Crippen LogP) is 2.71. The molecule has 2 heteroatoms. The van der Waals surface area contributed by atoms with Gasteiger partial charge in [-0.25, -0.2) is 0 Å². The second-order valence-electron chi connectivity index (χ2n) is 5.75. The van der Waals surface area contributed by atoms with E-state index in [1.807, 2.05) is 0 Å². The molecule has 0 heterocycles. The van der Waals surface area contributed by atoms with Crippen LogP contribution in [0.25, 0.3) is 0 Å². The molecule has 0 aromatic carbocycles. The van der Waals surface area contributed by atoms with Crippen LogP contribution < -0.4 is 5.32 Å². The standard InChI is InChI=1S/C13H27NO/c1-4-11(10-15)14-12-6-5-8-13(2,3)9-7-12/h11-12,14-15H,4-10H2,1-3H3. The van der Waals surface area contributed by atoms with E-state index in [0.717, 1.165) is 6.42 Å². The molecule has 2 unspecified atom stereocenters. The second kappa shape index (κ2) is 5.86. The van der Waals surface area contributed by atoms with Crippen molar-refractivity contribution in [3.63, 3.8) is 0 Å². The number of aliphatic hydroxyl groups is 1. The number of hydrogen-bond acceptors (Lipinski definition) is 2. The molecule has 0 bridgehead atoms. The summed E-state index contributed by atoms with van der Waals surface area (Å²) in [6.07, 6.45) is 7.56. The van der Waals surface area contributed by atoms with Crippen molar-refractivity contribution in [2.24, 2.45) is 5.41 Å². The van der Waals surface area contributed by atoms with Crippen molar-refractivity contribution in [3.8, 4) is 0 Å². The predicted molar refractivity (Wildman–Crippen MR) is 65.0 cm³/mol. The number of hydrogen-bond donors (Lipinski definition) is 2. The van der Waals surface area contributed by atoms with Crippen LogP contribution in [-0.4, -0.2) is 23.8 Å². The molecule has 0 saturated heterocycles. The molecule has 90 valence electrons. The van der Waals surface area contributed by atoms with Gasteiger partial charge in [0.2, 0.25) is 0 Å². The monoisotopic (exact) mass is 213 g/mol. The summed E-state index contributed by atoms with van der Waals surface area (Å²) < 4.78 is 0. The molecule has 0 aromatic rings. The zero-order chi connectivity index (χ0) is 11.3. The van der Waals surface area contributed by atoms with Crippen LogP contribution in [0.4, 0.5) is 0 Å². The van der Waals surface area contributed by atoms with E-state index in [2.05, 4.69) is 26.1 Å². The van der Waals surface area contributed by atoms with Crippen molar-refractivity contribution < 1.29 is 5.11 Å². The summed E-state index contributed by atoms with van der Waals surface area (Å²) in [7, 11) is 0. The van der Waals surface area contributed by atoms with Crippen LogP contribution in [0.5, 0.6) is 0 Å². The zero-order valence-corrected chi connectivity index (χ0v) is 10.6. The van der Waals surface area contributed by atoms with Gasteiger partial charge in [0.1, 0.15) is 0 Å². The highest BCUT2D eigenvalue weighted by molar-refractivity contribution is 4.81. The maximum Gasteiger partial charge on any atom is 0.0584 e. The van der Waals surface area contributed by atoms with Crippen LogP contribution in [-0.2, 0) is 0 Å². The van der Waals surface area contributed by atoms with Gasteiger partial charge < -0.3 is 10.4 Å². The lowest BCUT2D eigenvalue weighted by Crippen LogP contribution is -2.40. The summed E-state index contributed by atoms with van der Waals surface area (Å²) in [5, 5.41) is 12.8. The molecule has 1 rings (SSSR count). The highest BCUT2D eigenvalue weighted by Gasteiger charge is 2.24. The topological polar surface area (TPSA) is 32.3 Å². The number of nitrogens with one attached hydrogen (secondary N) is 1. The van der Waals surface area contributed by atoms with E-state index >= 15 is 0 Å². The van der Waals surface area contributed by atoms with Crippen molar-refractivity contribution in [2.45, 2.75) is 71.4 Å². The van der Waals surface area contributed by atoms with Crippen LogP contribution in [0.3, 0.4) is 0 Å². The Labute approximate surface area is 94.5 Å². The van der Waals surface area contributed by atoms with E-state index < -0.39 is 0 Å². The fraction of sp³-hybridized carbons (Fsp3) is 1.00. The molecular formula is C13H27NO. The molecule has 1 aliphatic carbocycles. The molecule has 0 radical (unpaired) electrons. The SMILES string of the molecule is CCC(CO)NC1CCCC(C)(C)CC1. The fourth-order valence-electron chi connectivity index (χ4n) is 2.46. The average molecular weight is 213 g/mol. The third kappa shape index (κ3) is 4.52. The third-order valence-electron chi connectivity index (χ3n) is 3.76. The quantitative estimate of drug-likeness (QED) is 0.704. The Morgan fingerprint density at radius 2 is 2.07 bits per heavy atom. The van der Waals surface area contributed by atoms with Crippen molar-refractivity contribution in [1.29, 1.82) is 0 Å². The van der Waals surface area contributed by atoms with Gasteiger partial charge in [-0.2, -0.15) is 0 Å². The summed E-state index contributed by atoms with van der Waals surface area (Å²) in [4.78, 5) is 0. The van der Waals surface area contributed by atoms with Gasteiger partial charge in [-0.05, 0) is 37.5 Å². The fourth-order valence-corrected chi connectivity index (χ4v) is 2.46. The van der Waals surface area contributed by atoms with Crippen LogP contribution in [0.1, 0.15) is 59.3 Å². The Morgan fingerprint density at radius 3 is 2.67 bits per heavy atom. The number of rotatable bonds is 4. The van der Waals surface area contributed by atoms with Gasteiger partial charge >= 0.3 is 0 Å². The molecule has 2 atom stereocenters. The Hall–Kier alpha value is -0.0800. The molecule has 0 aromatic heterocycles. The largest absolute Gasteiger partial charge is 0.395 e. The first kappa shape index (κ1) is 13.0. The van der Waals surface area contributed by atoms with Crippen LogP contribution in [0.15, 0.2) is 0 Å². The van der Waals surface area contributed by atoms with Crippen LogP contribution >= 0.6 is 0 Å². The average Bonchev–Trinajstić information content (AvgIpc) is 2.36. The van der Waals surface area contributed by atoms with Gasteiger partial charge in [-0.1, -0.05) is 27.2 Å². The van der Waals surface area contributed by atoms with Gasteiger partial charge in [0.05, 0.1) is 6.61 Å². The maximum atomic E-state index is 9.17. The van der Waals surface area contributed by atoms with E-state index in [0.29, 0.717) is 17.5 Å². The van der Waals surface area contributed by atoms with Crippen molar-refractivity contribution in [1.82, 2.24) is 5.32 Å². The highest BCUT2D eigenvalue weighted by atomic mass is 16.3. The summed E-state index contributed by atoms with van der Waals surface area (Å²) >= 11 is 0. The van der Waals surface area contributed by atoms with Crippen molar-refractivity contribution >= 4 is 0 Å². The van der Waals surface area contributed by atoms with Gasteiger partial charge in [0.25, 0.3) is 0 Å². The highest BCUT2D eigenvalue weighted by Crippen LogP contribution is 2.33. The molecule has 2 nitrogen and oxygen atoms in total. The lowest BCUT2D eigenvalue weighted by molar-refractivity contribution is 0.221. The molecule has 0 amide bonds. The van der Waals surface area contributed by atoms with Crippen molar-refractivity contribution in [2.75, 3.05) is 6.61 Å². The van der Waals surface area contributed by atoms with Crippen LogP contribution in [0, 0.1) is 5.41 Å². The normalized spacial score (nSPS) is 28.4. The third-order valence-corrected chi connectivity index (χ3v) is 3.76. The van der Waals surface area contributed by atoms with E-state index in [1.165, 1.54) is 32.1 Å². The first-order chi connectivity index (χ1) is 7.07. The first-order valence-electron chi connectivity index (χ1n) is 6.44. The zero-order valence-electron chi connectivity index (χ0n) is 10.6. The number of aliphatic hydroxyl groups excluding tert-OH is 1. The molecule has 1 fully saturated rings. The van der Waals surface area contributed by atoms with Gasteiger partial charge in [0.15, 0.2) is 0 Å². The smallest absolute Gasteiger partial charge is 0.0584 e. The first-order valence-corrected chi connectivity index (χ1v) is 6.44. The Morgan fingerprint density at radius 1 is 1.33 bits per heavy atom. The Balaban J connectivity index is 2.37. The van der Waals surface area contributed by atoms with Gasteiger partial charge in [-0.15, -0.1) is 0 Å². The molecular weight excluding hydrogens is 186 g/mol. The van der Waals surface area contributed by atoms with Crippen LogP contribution in [0.2, 0.25) is 0 Å². The molecule has 1 aliphatic rings. The van der Waals surface area contributed by atoms with Crippen molar-refractivity contribution in [3.05, 3.63) is 0 Å². The summed E-state index contributed by atoms with van der Waals surface area (Å²) in [6, 6.07) is 0.931. The second-order valence-corrected chi connectivity index (χ2v) is 5.75. The molecule has 0 aliphatic heterocycles. The minimum atomic E-state index is 0.274. The van der Waals surface area contributed by atoms with E-state index in [9.17, 15) is 0 Å². The Kier molecular flexibility index (Phi) is 5.07. The minimum Gasteiger partial charge on any atom is -0.395 e. The van der Waals surface area contributed by atoms with E-state index in [4.69, 9.17) is 5.11 Å².